The summed E-state index contributed by atoms with van der Waals surface area (Å²) in [5.74, 6) is 0. The molecule has 0 aliphatic rings. The number of aromatic nitrogens is 1. The lowest BCUT2D eigenvalue weighted by Crippen LogP contribution is -1.80. The van der Waals surface area contributed by atoms with E-state index in [2.05, 4.69) is 4.98 Å². The zero-order chi connectivity index (χ0) is 7.68. The number of fused-ring (bicyclic) bond motifs is 1. The molecule has 0 unspecified atom stereocenters. The average molecular weight is 141 g/mol. The van der Waals surface area contributed by atoms with Crippen LogP contribution in [0, 0.1) is 6.92 Å². The van der Waals surface area contributed by atoms with Crippen LogP contribution in [-0.2, 0) is 0 Å². The predicted molar refractivity (Wildman–Crippen MR) is 45.1 cm³/mol. The fraction of sp³-hybridized carbons (Fsp3) is 0. The minimum Gasteiger partial charge on any atom is -0.260 e. The third kappa shape index (κ3) is 0.984. The second-order valence-corrected chi connectivity index (χ2v) is 2.42. The van der Waals surface area contributed by atoms with Gasteiger partial charge in [0.1, 0.15) is 0 Å². The van der Waals surface area contributed by atoms with Gasteiger partial charge in [0.25, 0.3) is 0 Å². The lowest BCUT2D eigenvalue weighted by Gasteiger charge is -1.97. The normalized spacial score (nSPS) is 10.3. The van der Waals surface area contributed by atoms with Crippen LogP contribution in [0.1, 0.15) is 5.69 Å². The van der Waals surface area contributed by atoms with Gasteiger partial charge in [-0.2, -0.15) is 0 Å². The number of nitrogens with zero attached hydrogens (tertiary/aromatic N) is 1. The van der Waals surface area contributed by atoms with Crippen molar-refractivity contribution in [2.45, 2.75) is 0 Å². The number of benzene rings is 1. The Labute approximate surface area is 65.7 Å². The van der Waals surface area contributed by atoms with Crippen molar-refractivity contribution in [2.24, 2.45) is 0 Å². The van der Waals surface area contributed by atoms with Crippen LogP contribution in [-0.4, -0.2) is 4.98 Å². The third-order valence-corrected chi connectivity index (χ3v) is 1.70. The first-order chi connectivity index (χ1) is 5.38. The van der Waals surface area contributed by atoms with E-state index < -0.39 is 0 Å². The highest BCUT2D eigenvalue weighted by Crippen LogP contribution is 2.14. The molecule has 11 heavy (non-hydrogen) atoms. The molecule has 52 valence electrons. The fourth-order valence-corrected chi connectivity index (χ4v) is 1.14. The van der Waals surface area contributed by atoms with E-state index in [9.17, 15) is 0 Å². The van der Waals surface area contributed by atoms with Gasteiger partial charge in [0.05, 0.1) is 5.69 Å². The van der Waals surface area contributed by atoms with Crippen molar-refractivity contribution in [1.29, 1.82) is 0 Å². The first kappa shape index (κ1) is 6.35. The zero-order valence-corrected chi connectivity index (χ0v) is 5.99. The fourth-order valence-electron chi connectivity index (χ4n) is 1.14. The molecule has 0 amide bonds. The van der Waals surface area contributed by atoms with E-state index in [4.69, 9.17) is 6.92 Å². The van der Waals surface area contributed by atoms with Gasteiger partial charge in [0.15, 0.2) is 0 Å². The molecule has 0 bridgehead atoms. The molecule has 1 aromatic carbocycles. The van der Waals surface area contributed by atoms with E-state index in [1.807, 2.05) is 30.3 Å². The summed E-state index contributed by atoms with van der Waals surface area (Å²) in [5, 5.41) is 2.16. The summed E-state index contributed by atoms with van der Waals surface area (Å²) in [4.78, 5) is 3.99. The maximum Gasteiger partial charge on any atom is 0.0526 e. The molecule has 0 aliphatic heterocycles. The van der Waals surface area contributed by atoms with Crippen molar-refractivity contribution in [3.05, 3.63) is 49.1 Å². The molecule has 0 saturated heterocycles. The zero-order valence-electron chi connectivity index (χ0n) is 5.99. The van der Waals surface area contributed by atoms with Gasteiger partial charge in [-0.1, -0.05) is 24.3 Å². The van der Waals surface area contributed by atoms with Gasteiger partial charge >= 0.3 is 0 Å². The molecule has 0 N–H and O–H groups in total. The van der Waals surface area contributed by atoms with Crippen LogP contribution in [0.3, 0.4) is 0 Å². The number of hydrogen-bond donors (Lipinski definition) is 0. The third-order valence-electron chi connectivity index (χ3n) is 1.70. The van der Waals surface area contributed by atoms with Crippen molar-refractivity contribution in [3.8, 4) is 0 Å². The summed E-state index contributed by atoms with van der Waals surface area (Å²) >= 11 is 0. The van der Waals surface area contributed by atoms with E-state index in [-0.39, 0.29) is 0 Å². The molecule has 2 rings (SSSR count). The van der Waals surface area contributed by atoms with Crippen LogP contribution in [0.2, 0.25) is 0 Å². The SMILES string of the molecule is [CH]c1nccc2ccccc12. The van der Waals surface area contributed by atoms with Crippen LogP contribution in [0.25, 0.3) is 10.8 Å². The minimum atomic E-state index is 0.600. The lowest BCUT2D eigenvalue weighted by atomic mass is 10.1. The van der Waals surface area contributed by atoms with Crippen LogP contribution in [0.5, 0.6) is 0 Å². The Bertz CT molecular complexity index is 374. The molecule has 1 heterocycles. The van der Waals surface area contributed by atoms with Gasteiger partial charge in [0.2, 0.25) is 0 Å². The highest BCUT2D eigenvalue weighted by molar-refractivity contribution is 5.84. The summed E-state index contributed by atoms with van der Waals surface area (Å²) in [7, 11) is 0. The smallest absolute Gasteiger partial charge is 0.0526 e. The van der Waals surface area contributed by atoms with Gasteiger partial charge in [0, 0.05) is 18.5 Å². The van der Waals surface area contributed by atoms with Crippen molar-refractivity contribution >= 4 is 10.8 Å². The quantitative estimate of drug-likeness (QED) is 0.548. The van der Waals surface area contributed by atoms with E-state index in [1.165, 1.54) is 0 Å². The Kier molecular flexibility index (Phi) is 1.35. The highest BCUT2D eigenvalue weighted by Gasteiger charge is 1.93. The first-order valence-electron chi connectivity index (χ1n) is 3.47. The summed E-state index contributed by atoms with van der Waals surface area (Å²) in [6.45, 7) is 5.65. The van der Waals surface area contributed by atoms with Crippen molar-refractivity contribution in [2.75, 3.05) is 0 Å². The Hall–Kier alpha value is -1.37. The van der Waals surface area contributed by atoms with Crippen molar-refractivity contribution in [1.82, 2.24) is 4.98 Å². The molecule has 0 spiro atoms. The van der Waals surface area contributed by atoms with Crippen LogP contribution < -0.4 is 0 Å². The maximum absolute atomic E-state index is 5.65. The van der Waals surface area contributed by atoms with E-state index in [0.717, 1.165) is 10.8 Å². The van der Waals surface area contributed by atoms with Gasteiger partial charge in [-0.15, -0.1) is 0 Å². The molecule has 1 nitrogen and oxygen atoms in total. The summed E-state index contributed by atoms with van der Waals surface area (Å²) in [5.41, 5.74) is 0.600. The molecule has 0 saturated carbocycles. The standard InChI is InChI=1S/C10H7N/c1-8-10-5-3-2-4-9(10)6-7-11-8/h1-7H. The molecule has 0 fully saturated rings. The highest BCUT2D eigenvalue weighted by atomic mass is 14.7. The molecule has 2 radical (unpaired) electrons. The number of pyridine rings is 1. The van der Waals surface area contributed by atoms with Crippen molar-refractivity contribution < 1.29 is 0 Å². The molecule has 1 heteroatoms. The summed E-state index contributed by atoms with van der Waals surface area (Å²) in [6, 6.07) is 9.89. The molecule has 0 atom stereocenters. The predicted octanol–water partition coefficient (Wildman–Crippen LogP) is 2.29. The maximum atomic E-state index is 5.65. The Morgan fingerprint density at radius 1 is 1.09 bits per heavy atom. The van der Waals surface area contributed by atoms with E-state index in [1.54, 1.807) is 6.20 Å². The average Bonchev–Trinajstić information content (AvgIpc) is 2.06. The monoisotopic (exact) mass is 141 g/mol. The van der Waals surface area contributed by atoms with Gasteiger partial charge in [-0.25, -0.2) is 0 Å². The molecular weight excluding hydrogens is 134 g/mol. The molecule has 0 aliphatic carbocycles. The second-order valence-electron chi connectivity index (χ2n) is 2.42. The molecular formula is C10H7N. The van der Waals surface area contributed by atoms with Crippen LogP contribution in [0.15, 0.2) is 36.5 Å². The lowest BCUT2D eigenvalue weighted by molar-refractivity contribution is 1.30. The van der Waals surface area contributed by atoms with E-state index in [0.29, 0.717) is 5.69 Å². The van der Waals surface area contributed by atoms with Crippen LogP contribution in [0.4, 0.5) is 0 Å². The van der Waals surface area contributed by atoms with Gasteiger partial charge < -0.3 is 0 Å². The first-order valence-corrected chi connectivity index (χ1v) is 3.47. The number of rotatable bonds is 0. The topological polar surface area (TPSA) is 12.9 Å². The molecule has 2 aromatic rings. The Morgan fingerprint density at radius 3 is 2.73 bits per heavy atom. The Morgan fingerprint density at radius 2 is 1.91 bits per heavy atom. The second kappa shape index (κ2) is 2.35. The van der Waals surface area contributed by atoms with E-state index >= 15 is 0 Å². The Balaban J connectivity index is 2.91. The largest absolute Gasteiger partial charge is 0.260 e. The number of hydrogen-bond acceptors (Lipinski definition) is 1. The van der Waals surface area contributed by atoms with Crippen LogP contribution >= 0.6 is 0 Å². The van der Waals surface area contributed by atoms with Gasteiger partial charge in [-0.05, 0) is 11.5 Å². The molecule has 1 aromatic heterocycles. The van der Waals surface area contributed by atoms with Crippen molar-refractivity contribution in [3.63, 3.8) is 0 Å². The summed E-state index contributed by atoms with van der Waals surface area (Å²) in [6.07, 6.45) is 1.72. The van der Waals surface area contributed by atoms with Gasteiger partial charge in [-0.3, -0.25) is 4.98 Å². The minimum absolute atomic E-state index is 0.600. The summed E-state index contributed by atoms with van der Waals surface area (Å²) < 4.78 is 0.